The predicted octanol–water partition coefficient (Wildman–Crippen LogP) is 2.76. The van der Waals surface area contributed by atoms with Gasteiger partial charge in [0.2, 0.25) is 5.91 Å². The zero-order valence-electron chi connectivity index (χ0n) is 15.4. The number of carboxylic acids is 1. The maximum absolute atomic E-state index is 13.0. The van der Waals surface area contributed by atoms with Gasteiger partial charge in [0.25, 0.3) is 5.56 Å². The van der Waals surface area contributed by atoms with Crippen molar-refractivity contribution in [1.29, 1.82) is 0 Å². The van der Waals surface area contributed by atoms with Crippen LogP contribution in [0.1, 0.15) is 56.2 Å². The number of hydrogen-bond acceptors (Lipinski definition) is 5. The lowest BCUT2D eigenvalue weighted by atomic mass is 10.2. The second-order valence-electron chi connectivity index (χ2n) is 6.18. The van der Waals surface area contributed by atoms with Gasteiger partial charge in [-0.1, -0.05) is 20.8 Å². The number of aromatic carboxylic acids is 1. The van der Waals surface area contributed by atoms with Gasteiger partial charge in [0.1, 0.15) is 17.2 Å². The minimum atomic E-state index is -1.16. The van der Waals surface area contributed by atoms with Crippen LogP contribution in [0.2, 0.25) is 0 Å². The van der Waals surface area contributed by atoms with Crippen molar-refractivity contribution in [2.24, 2.45) is 0 Å². The molecule has 2 heterocycles. The first-order valence-corrected chi connectivity index (χ1v) is 9.84. The van der Waals surface area contributed by atoms with Gasteiger partial charge in [-0.15, -0.1) is 11.3 Å². The van der Waals surface area contributed by atoms with Gasteiger partial charge in [0.15, 0.2) is 0 Å². The quantitative estimate of drug-likeness (QED) is 0.723. The number of fused-ring (bicyclic) bond motifs is 1. The molecule has 8 heteroatoms. The molecule has 0 bridgehead atoms. The second kappa shape index (κ2) is 8.93. The molecule has 2 rings (SSSR count). The number of thiophene rings is 1. The van der Waals surface area contributed by atoms with Gasteiger partial charge in [-0.3, -0.25) is 14.2 Å². The van der Waals surface area contributed by atoms with Crippen LogP contribution in [0.3, 0.4) is 0 Å². The average Bonchev–Trinajstić information content (AvgIpc) is 3.02. The fourth-order valence-corrected chi connectivity index (χ4v) is 3.86. The molecular formula is C18H25N3O4S. The summed E-state index contributed by atoms with van der Waals surface area (Å²) in [5.41, 5.74) is -0.496. The minimum Gasteiger partial charge on any atom is -0.478 e. The molecule has 0 saturated heterocycles. The van der Waals surface area contributed by atoms with E-state index in [0.717, 1.165) is 30.6 Å². The molecule has 7 nitrogen and oxygen atoms in total. The van der Waals surface area contributed by atoms with Crippen molar-refractivity contribution in [2.45, 2.75) is 53.0 Å². The Balaban J connectivity index is 2.52. The van der Waals surface area contributed by atoms with Crippen molar-refractivity contribution < 1.29 is 14.7 Å². The van der Waals surface area contributed by atoms with E-state index < -0.39 is 11.5 Å². The lowest BCUT2D eigenvalue weighted by Crippen LogP contribution is -2.38. The third-order valence-corrected chi connectivity index (χ3v) is 4.98. The molecule has 0 aliphatic rings. The number of rotatable bonds is 9. The van der Waals surface area contributed by atoms with E-state index in [2.05, 4.69) is 4.98 Å². The summed E-state index contributed by atoms with van der Waals surface area (Å²) in [5, 5.41) is 10.9. The van der Waals surface area contributed by atoms with Crippen LogP contribution < -0.4 is 5.56 Å². The van der Waals surface area contributed by atoms with Gasteiger partial charge in [-0.2, -0.15) is 0 Å². The number of hydrogen-bond donors (Lipinski definition) is 1. The summed E-state index contributed by atoms with van der Waals surface area (Å²) < 4.78 is 1.35. The van der Waals surface area contributed by atoms with E-state index in [-0.39, 0.29) is 23.4 Å². The normalized spacial score (nSPS) is 11.0. The van der Waals surface area contributed by atoms with Gasteiger partial charge < -0.3 is 10.0 Å². The van der Waals surface area contributed by atoms with Gasteiger partial charge >= 0.3 is 5.97 Å². The Morgan fingerprint density at radius 3 is 2.38 bits per heavy atom. The molecule has 0 unspecified atom stereocenters. The molecule has 0 radical (unpaired) electrons. The monoisotopic (exact) mass is 379 g/mol. The van der Waals surface area contributed by atoms with Crippen LogP contribution in [0.25, 0.3) is 10.2 Å². The summed E-state index contributed by atoms with van der Waals surface area (Å²) in [4.78, 5) is 43.7. The molecule has 26 heavy (non-hydrogen) atoms. The van der Waals surface area contributed by atoms with E-state index in [9.17, 15) is 19.5 Å². The highest BCUT2D eigenvalue weighted by molar-refractivity contribution is 7.17. The largest absolute Gasteiger partial charge is 0.478 e. The SMILES string of the molecule is CCCc1nc2scc(C(=O)O)c2c(=O)n1CC(=O)N(CCC)CCC. The second-order valence-corrected chi connectivity index (χ2v) is 7.04. The fraction of sp³-hybridized carbons (Fsp3) is 0.556. The molecule has 2 aromatic heterocycles. The number of amides is 1. The molecule has 0 aliphatic heterocycles. The maximum atomic E-state index is 13.0. The molecule has 1 amide bonds. The van der Waals surface area contributed by atoms with Crippen LogP contribution in [-0.2, 0) is 17.8 Å². The highest BCUT2D eigenvalue weighted by Gasteiger charge is 2.22. The molecule has 0 aliphatic carbocycles. The third kappa shape index (κ3) is 4.12. The Labute approximate surface area is 156 Å². The lowest BCUT2D eigenvalue weighted by molar-refractivity contribution is -0.132. The summed E-state index contributed by atoms with van der Waals surface area (Å²) in [6, 6.07) is 0. The Kier molecular flexibility index (Phi) is 6.90. The summed E-state index contributed by atoms with van der Waals surface area (Å²) in [6.07, 6.45) is 3.01. The number of aryl methyl sites for hydroxylation is 1. The van der Waals surface area contributed by atoms with Crippen molar-refractivity contribution >= 4 is 33.4 Å². The summed E-state index contributed by atoms with van der Waals surface area (Å²) in [6.45, 7) is 7.15. The molecule has 0 saturated carbocycles. The Hall–Kier alpha value is -2.22. The molecule has 0 spiro atoms. The summed E-state index contributed by atoms with van der Waals surface area (Å²) >= 11 is 1.15. The van der Waals surface area contributed by atoms with E-state index in [4.69, 9.17) is 0 Å². The van der Waals surface area contributed by atoms with Crippen molar-refractivity contribution in [2.75, 3.05) is 13.1 Å². The number of nitrogens with zero attached hydrogens (tertiary/aromatic N) is 3. The van der Waals surface area contributed by atoms with E-state index in [1.807, 2.05) is 20.8 Å². The fourth-order valence-electron chi connectivity index (χ4n) is 2.94. The first-order valence-electron chi connectivity index (χ1n) is 8.96. The van der Waals surface area contributed by atoms with Gasteiger partial charge in [-0.05, 0) is 19.3 Å². The highest BCUT2D eigenvalue weighted by atomic mass is 32.1. The Bertz CT molecular complexity index is 850. The molecular weight excluding hydrogens is 354 g/mol. The predicted molar refractivity (Wildman–Crippen MR) is 102 cm³/mol. The Morgan fingerprint density at radius 2 is 1.85 bits per heavy atom. The first-order chi connectivity index (χ1) is 12.4. The summed E-state index contributed by atoms with van der Waals surface area (Å²) in [7, 11) is 0. The molecule has 0 aromatic carbocycles. The number of carbonyl (C=O) groups excluding carboxylic acids is 1. The van der Waals surface area contributed by atoms with Gasteiger partial charge in [0, 0.05) is 24.9 Å². The average molecular weight is 379 g/mol. The molecule has 142 valence electrons. The number of carbonyl (C=O) groups is 2. The Morgan fingerprint density at radius 1 is 1.19 bits per heavy atom. The zero-order chi connectivity index (χ0) is 19.3. The summed E-state index contributed by atoms with van der Waals surface area (Å²) in [5.74, 6) is -0.763. The van der Waals surface area contributed by atoms with Crippen LogP contribution in [0.5, 0.6) is 0 Å². The van der Waals surface area contributed by atoms with Crippen LogP contribution in [0.15, 0.2) is 10.2 Å². The standard InChI is InChI=1S/C18H25N3O4S/c1-4-7-13-19-16-15(12(11-26-16)18(24)25)17(23)21(13)10-14(22)20(8-5-2)9-6-3/h11H,4-10H2,1-3H3,(H,24,25). The van der Waals surface area contributed by atoms with Crippen molar-refractivity contribution in [3.05, 3.63) is 27.1 Å². The van der Waals surface area contributed by atoms with Crippen LogP contribution >= 0.6 is 11.3 Å². The van der Waals surface area contributed by atoms with Gasteiger partial charge in [0.05, 0.1) is 10.9 Å². The first kappa shape index (κ1) is 20.1. The van der Waals surface area contributed by atoms with Crippen LogP contribution in [0.4, 0.5) is 0 Å². The van der Waals surface area contributed by atoms with Crippen molar-refractivity contribution in [3.63, 3.8) is 0 Å². The van der Waals surface area contributed by atoms with Crippen LogP contribution in [0, 0.1) is 0 Å². The maximum Gasteiger partial charge on any atom is 0.337 e. The van der Waals surface area contributed by atoms with E-state index in [0.29, 0.717) is 30.2 Å². The smallest absolute Gasteiger partial charge is 0.337 e. The molecule has 0 atom stereocenters. The van der Waals surface area contributed by atoms with Crippen molar-refractivity contribution in [3.8, 4) is 0 Å². The third-order valence-electron chi connectivity index (χ3n) is 4.11. The minimum absolute atomic E-state index is 0.0503. The van der Waals surface area contributed by atoms with E-state index >= 15 is 0 Å². The molecule has 0 fully saturated rings. The lowest BCUT2D eigenvalue weighted by Gasteiger charge is -2.22. The van der Waals surface area contributed by atoms with E-state index in [1.165, 1.54) is 9.95 Å². The molecule has 1 N–H and O–H groups in total. The number of aromatic nitrogens is 2. The van der Waals surface area contributed by atoms with Crippen molar-refractivity contribution in [1.82, 2.24) is 14.5 Å². The van der Waals surface area contributed by atoms with E-state index in [1.54, 1.807) is 4.90 Å². The zero-order valence-corrected chi connectivity index (χ0v) is 16.3. The van der Waals surface area contributed by atoms with Gasteiger partial charge in [-0.25, -0.2) is 9.78 Å². The number of carboxylic acid groups (broad SMARTS) is 1. The highest BCUT2D eigenvalue weighted by Crippen LogP contribution is 2.22. The van der Waals surface area contributed by atoms with Crippen LogP contribution in [-0.4, -0.2) is 44.5 Å². The molecule has 2 aromatic rings. The topological polar surface area (TPSA) is 92.5 Å².